The fraction of sp³-hybridized carbons (Fsp3) is 0.167. The number of amides is 1. The zero-order chi connectivity index (χ0) is 20.3. The van der Waals surface area contributed by atoms with E-state index in [4.69, 9.17) is 11.6 Å². The van der Waals surface area contributed by atoms with Crippen molar-refractivity contribution >= 4 is 27.5 Å². The summed E-state index contributed by atoms with van der Waals surface area (Å²) >= 11 is 6.02. The van der Waals surface area contributed by atoms with E-state index in [1.165, 1.54) is 32.3 Å². The molecule has 0 fully saturated rings. The molecule has 2 aromatic heterocycles. The number of carbonyl (C=O) groups excluding carboxylic acids is 1. The van der Waals surface area contributed by atoms with Crippen molar-refractivity contribution in [3.8, 4) is 5.82 Å². The Kier molecular flexibility index (Phi) is 5.78. The van der Waals surface area contributed by atoms with Gasteiger partial charge in [0.15, 0.2) is 5.82 Å². The predicted molar refractivity (Wildman–Crippen MR) is 105 cm³/mol. The third-order valence-corrected chi connectivity index (χ3v) is 6.28. The second-order valence-corrected chi connectivity index (χ2v) is 8.58. The van der Waals surface area contributed by atoms with Gasteiger partial charge >= 0.3 is 0 Å². The lowest BCUT2D eigenvalue weighted by atomic mass is 10.2. The first-order valence-electron chi connectivity index (χ1n) is 8.25. The molecule has 0 unspecified atom stereocenters. The molecule has 0 aliphatic heterocycles. The van der Waals surface area contributed by atoms with E-state index in [9.17, 15) is 13.2 Å². The molecule has 10 heteroatoms. The van der Waals surface area contributed by atoms with Crippen molar-refractivity contribution in [3.05, 3.63) is 71.1 Å². The number of pyridine rings is 1. The molecule has 28 heavy (non-hydrogen) atoms. The van der Waals surface area contributed by atoms with Crippen LogP contribution in [0.3, 0.4) is 0 Å². The maximum absolute atomic E-state index is 12.6. The van der Waals surface area contributed by atoms with Gasteiger partial charge in [-0.1, -0.05) is 17.7 Å². The van der Waals surface area contributed by atoms with Gasteiger partial charge < -0.3 is 5.32 Å². The first-order valence-corrected chi connectivity index (χ1v) is 10.1. The molecule has 8 nitrogen and oxygen atoms in total. The fourth-order valence-corrected chi connectivity index (χ4v) is 3.88. The molecule has 1 amide bonds. The largest absolute Gasteiger partial charge is 0.348 e. The first-order chi connectivity index (χ1) is 13.3. The Balaban J connectivity index is 1.82. The van der Waals surface area contributed by atoms with E-state index in [0.29, 0.717) is 5.82 Å². The van der Waals surface area contributed by atoms with Crippen LogP contribution in [0, 0.1) is 0 Å². The van der Waals surface area contributed by atoms with Gasteiger partial charge in [-0.05, 0) is 30.3 Å². The number of nitrogens with one attached hydrogen (secondary N) is 1. The van der Waals surface area contributed by atoms with Crippen LogP contribution in [0.4, 0.5) is 0 Å². The van der Waals surface area contributed by atoms with Crippen molar-refractivity contribution in [1.29, 1.82) is 0 Å². The minimum atomic E-state index is -3.77. The number of rotatable bonds is 6. The molecule has 1 aromatic carbocycles. The number of carbonyl (C=O) groups is 1. The minimum absolute atomic E-state index is 0.0541. The lowest BCUT2D eigenvalue weighted by molar-refractivity contribution is 0.0950. The SMILES string of the molecule is CN(C)S(=O)(=O)c1cc(C(=O)NCc2cccnc2-n2cccn2)ccc1Cl. The summed E-state index contributed by atoms with van der Waals surface area (Å²) in [6, 6.07) is 9.50. The van der Waals surface area contributed by atoms with Crippen molar-refractivity contribution < 1.29 is 13.2 Å². The highest BCUT2D eigenvalue weighted by atomic mass is 35.5. The molecule has 0 saturated carbocycles. The molecule has 0 spiro atoms. The molecule has 0 bridgehead atoms. The van der Waals surface area contributed by atoms with Crippen LogP contribution < -0.4 is 5.32 Å². The lowest BCUT2D eigenvalue weighted by Gasteiger charge is -2.14. The summed E-state index contributed by atoms with van der Waals surface area (Å²) in [6.07, 6.45) is 5.03. The van der Waals surface area contributed by atoms with E-state index in [0.717, 1.165) is 9.87 Å². The van der Waals surface area contributed by atoms with Crippen LogP contribution in [0.25, 0.3) is 5.82 Å². The van der Waals surface area contributed by atoms with Crippen molar-refractivity contribution in [2.24, 2.45) is 0 Å². The maximum atomic E-state index is 12.6. The predicted octanol–water partition coefficient (Wildman–Crippen LogP) is 2.10. The van der Waals surface area contributed by atoms with Crippen LogP contribution in [0.5, 0.6) is 0 Å². The highest BCUT2D eigenvalue weighted by Gasteiger charge is 2.22. The molecule has 3 aromatic rings. The third-order valence-electron chi connectivity index (χ3n) is 3.98. The van der Waals surface area contributed by atoms with E-state index < -0.39 is 15.9 Å². The Hall–Kier alpha value is -2.75. The molecule has 0 aliphatic rings. The topological polar surface area (TPSA) is 97.2 Å². The zero-order valence-electron chi connectivity index (χ0n) is 15.2. The number of hydrogen-bond acceptors (Lipinski definition) is 5. The monoisotopic (exact) mass is 419 g/mol. The van der Waals surface area contributed by atoms with E-state index >= 15 is 0 Å². The quantitative estimate of drug-likeness (QED) is 0.659. The van der Waals surface area contributed by atoms with E-state index in [1.807, 2.05) is 6.07 Å². The molecule has 0 radical (unpaired) electrons. The Morgan fingerprint density at radius 1 is 1.21 bits per heavy atom. The Bertz CT molecular complexity index is 1100. The fourth-order valence-electron chi connectivity index (χ4n) is 2.49. The molecule has 0 aliphatic carbocycles. The Morgan fingerprint density at radius 2 is 2.00 bits per heavy atom. The van der Waals surface area contributed by atoms with Crippen LogP contribution >= 0.6 is 11.6 Å². The number of nitrogens with zero attached hydrogens (tertiary/aromatic N) is 4. The summed E-state index contributed by atoms with van der Waals surface area (Å²) in [4.78, 5) is 16.7. The number of benzene rings is 1. The summed E-state index contributed by atoms with van der Waals surface area (Å²) in [7, 11) is -0.966. The average Bonchev–Trinajstić information content (AvgIpc) is 3.21. The zero-order valence-corrected chi connectivity index (χ0v) is 16.8. The molecule has 2 heterocycles. The van der Waals surface area contributed by atoms with Crippen molar-refractivity contribution in [3.63, 3.8) is 0 Å². The summed E-state index contributed by atoms with van der Waals surface area (Å²) in [5, 5.41) is 6.98. The van der Waals surface area contributed by atoms with Gasteiger partial charge in [0.2, 0.25) is 10.0 Å². The minimum Gasteiger partial charge on any atom is -0.348 e. The highest BCUT2D eigenvalue weighted by Crippen LogP contribution is 2.24. The van der Waals surface area contributed by atoms with Crippen LogP contribution in [0.15, 0.2) is 59.9 Å². The number of halogens is 1. The van der Waals surface area contributed by atoms with Crippen molar-refractivity contribution in [2.45, 2.75) is 11.4 Å². The smallest absolute Gasteiger partial charge is 0.251 e. The number of aromatic nitrogens is 3. The molecule has 0 atom stereocenters. The molecular weight excluding hydrogens is 402 g/mol. The van der Waals surface area contributed by atoms with Gasteiger partial charge in [-0.15, -0.1) is 0 Å². The van der Waals surface area contributed by atoms with Crippen LogP contribution in [0.1, 0.15) is 15.9 Å². The molecule has 146 valence electrons. The van der Waals surface area contributed by atoms with Gasteiger partial charge in [-0.2, -0.15) is 5.10 Å². The van der Waals surface area contributed by atoms with Gasteiger partial charge in [0.1, 0.15) is 4.90 Å². The Morgan fingerprint density at radius 3 is 2.68 bits per heavy atom. The lowest BCUT2D eigenvalue weighted by Crippen LogP contribution is -2.25. The summed E-state index contributed by atoms with van der Waals surface area (Å²) in [5.74, 6) is 0.168. The molecule has 0 saturated heterocycles. The molecular formula is C18H18ClN5O3S. The maximum Gasteiger partial charge on any atom is 0.251 e. The number of sulfonamides is 1. The van der Waals surface area contributed by atoms with Crippen molar-refractivity contribution in [1.82, 2.24) is 24.4 Å². The second-order valence-electron chi connectivity index (χ2n) is 6.05. The van der Waals surface area contributed by atoms with E-state index in [-0.39, 0.29) is 22.0 Å². The third kappa shape index (κ3) is 4.06. The average molecular weight is 420 g/mol. The van der Waals surface area contributed by atoms with Crippen LogP contribution in [-0.4, -0.2) is 47.5 Å². The standard InChI is InChI=1S/C18H18ClN5O3S/c1-23(2)28(26,27)16-11-13(6-7-15(16)19)18(25)21-12-14-5-3-8-20-17(14)24-10-4-9-22-24/h3-11H,12H2,1-2H3,(H,21,25). The summed E-state index contributed by atoms with van der Waals surface area (Å²) < 4.78 is 27.4. The van der Waals surface area contributed by atoms with Crippen LogP contribution in [0.2, 0.25) is 5.02 Å². The highest BCUT2D eigenvalue weighted by molar-refractivity contribution is 7.89. The molecule has 3 rings (SSSR count). The van der Waals surface area contributed by atoms with Gasteiger partial charge in [-0.3, -0.25) is 4.79 Å². The van der Waals surface area contributed by atoms with Crippen molar-refractivity contribution in [2.75, 3.05) is 14.1 Å². The van der Waals surface area contributed by atoms with Gasteiger partial charge in [0.25, 0.3) is 5.91 Å². The summed E-state index contributed by atoms with van der Waals surface area (Å²) in [6.45, 7) is 0.195. The van der Waals surface area contributed by atoms with Gasteiger partial charge in [0, 0.05) is 50.4 Å². The second kappa shape index (κ2) is 8.09. The van der Waals surface area contributed by atoms with Gasteiger partial charge in [-0.25, -0.2) is 22.4 Å². The van der Waals surface area contributed by atoms with Gasteiger partial charge in [0.05, 0.1) is 5.02 Å². The normalized spacial score (nSPS) is 11.6. The van der Waals surface area contributed by atoms with Crippen LogP contribution in [-0.2, 0) is 16.6 Å². The molecule has 1 N–H and O–H groups in total. The summed E-state index contributed by atoms with van der Waals surface area (Å²) in [5.41, 5.74) is 0.948. The number of hydrogen-bond donors (Lipinski definition) is 1. The van der Waals surface area contributed by atoms with E-state index in [1.54, 1.807) is 35.4 Å². The Labute approximate surface area is 167 Å². The first kappa shape index (κ1) is 20.0. The van der Waals surface area contributed by atoms with E-state index in [2.05, 4.69) is 15.4 Å².